The van der Waals surface area contributed by atoms with Crippen molar-refractivity contribution in [3.05, 3.63) is 0 Å². The summed E-state index contributed by atoms with van der Waals surface area (Å²) >= 11 is 0. The van der Waals surface area contributed by atoms with Gasteiger partial charge in [0.05, 0.1) is 0 Å². The average Bonchev–Trinajstić information content (AvgIpc) is 2.32. The van der Waals surface area contributed by atoms with Gasteiger partial charge >= 0.3 is 0 Å². The van der Waals surface area contributed by atoms with Crippen LogP contribution in [0.1, 0.15) is 52.9 Å². The second kappa shape index (κ2) is 6.25. The number of carbonyl (C=O) groups excluding carboxylic acids is 1. The molecule has 2 heterocycles. The number of piperidine rings is 2. The standard InChI is InChI=1S/C16H30N2O/c1-16(2,3)11-14-6-9-18(15(19)10-14)12-13-4-7-17-8-5-13/h13-14,17H,4-12H2,1-3H3/t14-/m1/s1. The van der Waals surface area contributed by atoms with E-state index in [1.807, 2.05) is 0 Å². The van der Waals surface area contributed by atoms with E-state index in [1.54, 1.807) is 0 Å². The van der Waals surface area contributed by atoms with Crippen LogP contribution in [0.5, 0.6) is 0 Å². The normalized spacial score (nSPS) is 26.8. The largest absolute Gasteiger partial charge is 0.342 e. The summed E-state index contributed by atoms with van der Waals surface area (Å²) in [5.74, 6) is 1.74. The molecule has 3 nitrogen and oxygen atoms in total. The fraction of sp³-hybridized carbons (Fsp3) is 0.938. The fourth-order valence-corrected chi connectivity index (χ4v) is 3.55. The van der Waals surface area contributed by atoms with E-state index in [0.29, 0.717) is 17.2 Å². The van der Waals surface area contributed by atoms with Gasteiger partial charge in [-0.15, -0.1) is 0 Å². The lowest BCUT2D eigenvalue weighted by molar-refractivity contribution is -0.136. The molecule has 2 aliphatic rings. The summed E-state index contributed by atoms with van der Waals surface area (Å²) in [4.78, 5) is 14.4. The van der Waals surface area contributed by atoms with Crippen LogP contribution in [0.4, 0.5) is 0 Å². The van der Waals surface area contributed by atoms with E-state index < -0.39 is 0 Å². The molecule has 0 spiro atoms. The van der Waals surface area contributed by atoms with Gasteiger partial charge in [-0.2, -0.15) is 0 Å². The number of nitrogens with zero attached hydrogens (tertiary/aromatic N) is 1. The van der Waals surface area contributed by atoms with Gasteiger partial charge in [0, 0.05) is 19.5 Å². The first-order valence-corrected chi connectivity index (χ1v) is 7.92. The molecule has 2 aliphatic heterocycles. The molecule has 0 aromatic heterocycles. The Morgan fingerprint density at radius 1 is 1.16 bits per heavy atom. The molecule has 0 aromatic carbocycles. The number of hydrogen-bond donors (Lipinski definition) is 1. The van der Waals surface area contributed by atoms with E-state index in [2.05, 4.69) is 31.0 Å². The maximum Gasteiger partial charge on any atom is 0.222 e. The Kier molecular flexibility index (Phi) is 4.88. The number of hydrogen-bond acceptors (Lipinski definition) is 2. The molecule has 3 heteroatoms. The first kappa shape index (κ1) is 14.8. The molecule has 1 amide bonds. The summed E-state index contributed by atoms with van der Waals surface area (Å²) < 4.78 is 0. The minimum Gasteiger partial charge on any atom is -0.342 e. The van der Waals surface area contributed by atoms with Crippen molar-refractivity contribution in [3.63, 3.8) is 0 Å². The van der Waals surface area contributed by atoms with Gasteiger partial charge in [0.1, 0.15) is 0 Å². The number of nitrogens with one attached hydrogen (secondary N) is 1. The first-order valence-electron chi connectivity index (χ1n) is 7.92. The minimum atomic E-state index is 0.349. The molecule has 2 rings (SSSR count). The Hall–Kier alpha value is -0.570. The average molecular weight is 266 g/mol. The number of rotatable bonds is 3. The molecule has 0 saturated carbocycles. The van der Waals surface area contributed by atoms with Crippen LogP contribution >= 0.6 is 0 Å². The molecule has 0 aromatic rings. The molecular weight excluding hydrogens is 236 g/mol. The quantitative estimate of drug-likeness (QED) is 0.852. The van der Waals surface area contributed by atoms with Gasteiger partial charge in [0.25, 0.3) is 0 Å². The predicted octanol–water partition coefficient (Wildman–Crippen LogP) is 2.66. The topological polar surface area (TPSA) is 32.3 Å². The SMILES string of the molecule is CC(C)(C)C[C@@H]1CCN(CC2CCNCC2)C(=O)C1. The highest BCUT2D eigenvalue weighted by Crippen LogP contribution is 2.31. The third-order valence-electron chi connectivity index (χ3n) is 4.46. The highest BCUT2D eigenvalue weighted by molar-refractivity contribution is 5.77. The molecule has 0 radical (unpaired) electrons. The van der Waals surface area contributed by atoms with E-state index in [-0.39, 0.29) is 0 Å². The molecule has 1 N–H and O–H groups in total. The van der Waals surface area contributed by atoms with Crippen LogP contribution in [-0.2, 0) is 4.79 Å². The Bertz CT molecular complexity index is 302. The van der Waals surface area contributed by atoms with Crippen LogP contribution in [-0.4, -0.2) is 37.0 Å². The maximum atomic E-state index is 12.3. The molecule has 2 saturated heterocycles. The van der Waals surface area contributed by atoms with E-state index in [1.165, 1.54) is 25.7 Å². The third-order valence-corrected chi connectivity index (χ3v) is 4.46. The van der Waals surface area contributed by atoms with Crippen LogP contribution in [0, 0.1) is 17.3 Å². The van der Waals surface area contributed by atoms with Crippen molar-refractivity contribution in [3.8, 4) is 0 Å². The van der Waals surface area contributed by atoms with Crippen molar-refractivity contribution in [1.29, 1.82) is 0 Å². The van der Waals surface area contributed by atoms with Crippen LogP contribution in [0.25, 0.3) is 0 Å². The highest BCUT2D eigenvalue weighted by Gasteiger charge is 2.30. The summed E-state index contributed by atoms with van der Waals surface area (Å²) in [6.07, 6.45) is 5.63. The molecule has 19 heavy (non-hydrogen) atoms. The summed E-state index contributed by atoms with van der Waals surface area (Å²) in [5, 5.41) is 3.39. The lowest BCUT2D eigenvalue weighted by Gasteiger charge is -2.37. The summed E-state index contributed by atoms with van der Waals surface area (Å²) in [6, 6.07) is 0. The van der Waals surface area contributed by atoms with Crippen molar-refractivity contribution < 1.29 is 4.79 Å². The van der Waals surface area contributed by atoms with Crippen molar-refractivity contribution in [1.82, 2.24) is 10.2 Å². The van der Waals surface area contributed by atoms with Gasteiger partial charge in [-0.1, -0.05) is 20.8 Å². The van der Waals surface area contributed by atoms with E-state index in [0.717, 1.165) is 38.5 Å². The molecule has 0 unspecified atom stereocenters. The maximum absolute atomic E-state index is 12.3. The second-order valence-corrected chi connectivity index (χ2v) is 7.66. The van der Waals surface area contributed by atoms with Gasteiger partial charge in [0.2, 0.25) is 5.91 Å². The van der Waals surface area contributed by atoms with Gasteiger partial charge in [-0.3, -0.25) is 4.79 Å². The monoisotopic (exact) mass is 266 g/mol. The van der Waals surface area contributed by atoms with Crippen LogP contribution < -0.4 is 5.32 Å². The number of likely N-dealkylation sites (tertiary alicyclic amines) is 1. The van der Waals surface area contributed by atoms with Crippen molar-refractivity contribution in [2.45, 2.75) is 52.9 Å². The summed E-state index contributed by atoms with van der Waals surface area (Å²) in [7, 11) is 0. The Labute approximate surface area is 118 Å². The van der Waals surface area contributed by atoms with Gasteiger partial charge in [-0.25, -0.2) is 0 Å². The smallest absolute Gasteiger partial charge is 0.222 e. The highest BCUT2D eigenvalue weighted by atomic mass is 16.2. The lowest BCUT2D eigenvalue weighted by Crippen LogP contribution is -2.44. The zero-order valence-corrected chi connectivity index (χ0v) is 12.9. The van der Waals surface area contributed by atoms with Crippen LogP contribution in [0.2, 0.25) is 0 Å². The van der Waals surface area contributed by atoms with Crippen molar-refractivity contribution in [2.75, 3.05) is 26.2 Å². The second-order valence-electron chi connectivity index (χ2n) is 7.66. The molecule has 110 valence electrons. The lowest BCUT2D eigenvalue weighted by atomic mass is 9.80. The van der Waals surface area contributed by atoms with Gasteiger partial charge in [-0.05, 0) is 56.0 Å². The van der Waals surface area contributed by atoms with Crippen LogP contribution in [0.3, 0.4) is 0 Å². The number of carbonyl (C=O) groups is 1. The molecule has 0 bridgehead atoms. The Balaban J connectivity index is 1.78. The zero-order chi connectivity index (χ0) is 13.9. The molecule has 0 aliphatic carbocycles. The van der Waals surface area contributed by atoms with E-state index in [9.17, 15) is 4.79 Å². The van der Waals surface area contributed by atoms with Gasteiger partial charge < -0.3 is 10.2 Å². The Morgan fingerprint density at radius 2 is 1.84 bits per heavy atom. The third kappa shape index (κ3) is 4.79. The molecule has 1 atom stereocenters. The predicted molar refractivity (Wildman–Crippen MR) is 79.0 cm³/mol. The van der Waals surface area contributed by atoms with Gasteiger partial charge in [0.15, 0.2) is 0 Å². The fourth-order valence-electron chi connectivity index (χ4n) is 3.55. The molecular formula is C16H30N2O. The van der Waals surface area contributed by atoms with Crippen molar-refractivity contribution in [2.24, 2.45) is 17.3 Å². The van der Waals surface area contributed by atoms with Crippen molar-refractivity contribution >= 4 is 5.91 Å². The zero-order valence-electron chi connectivity index (χ0n) is 12.9. The Morgan fingerprint density at radius 3 is 2.42 bits per heavy atom. The van der Waals surface area contributed by atoms with Crippen LogP contribution in [0.15, 0.2) is 0 Å². The minimum absolute atomic E-state index is 0.349. The van der Waals surface area contributed by atoms with E-state index >= 15 is 0 Å². The number of amides is 1. The first-order chi connectivity index (χ1) is 8.94. The molecule has 2 fully saturated rings. The van der Waals surface area contributed by atoms with E-state index in [4.69, 9.17) is 0 Å². The summed E-state index contributed by atoms with van der Waals surface area (Å²) in [6.45, 7) is 11.1. The summed E-state index contributed by atoms with van der Waals surface area (Å²) in [5.41, 5.74) is 0.349.